The molecule has 108 valence electrons. The van der Waals surface area contributed by atoms with Crippen LogP contribution in [-0.4, -0.2) is 32.5 Å². The third-order valence-electron chi connectivity index (χ3n) is 3.58. The average Bonchev–Trinajstić information content (AvgIpc) is 2.39. The molecule has 0 unspecified atom stereocenters. The molecule has 1 saturated carbocycles. The standard InChI is InChI=1S/C13H17N3O4/c17-10-8-14-9(7-15-10)12(20)16-13(6-11(18)19)4-2-1-3-5-13/h7-8H,1-6H2,(H,15,17)(H,16,20)(H,18,19). The van der Waals surface area contributed by atoms with Crippen LogP contribution in [0.1, 0.15) is 49.0 Å². The summed E-state index contributed by atoms with van der Waals surface area (Å²) in [6.45, 7) is 0. The summed E-state index contributed by atoms with van der Waals surface area (Å²) in [6.07, 6.45) is 6.30. The maximum atomic E-state index is 12.1. The predicted octanol–water partition coefficient (Wildman–Crippen LogP) is 0.677. The zero-order valence-electron chi connectivity index (χ0n) is 11.0. The first-order valence-corrected chi connectivity index (χ1v) is 6.60. The van der Waals surface area contributed by atoms with E-state index in [9.17, 15) is 14.4 Å². The molecule has 7 nitrogen and oxygen atoms in total. The Morgan fingerprint density at radius 2 is 2.05 bits per heavy atom. The first-order valence-electron chi connectivity index (χ1n) is 6.60. The molecule has 1 amide bonds. The van der Waals surface area contributed by atoms with Crippen LogP contribution in [0.2, 0.25) is 0 Å². The Balaban J connectivity index is 2.14. The van der Waals surface area contributed by atoms with Crippen molar-refractivity contribution in [3.05, 3.63) is 28.4 Å². The fraction of sp³-hybridized carbons (Fsp3) is 0.538. The molecule has 1 aromatic rings. The SMILES string of the molecule is O=C(O)CC1(NC(=O)c2c[nH]c(=O)cn2)CCCCC1. The summed E-state index contributed by atoms with van der Waals surface area (Å²) in [4.78, 5) is 40.2. The number of nitrogens with zero attached hydrogens (tertiary/aromatic N) is 1. The van der Waals surface area contributed by atoms with Gasteiger partial charge in [0.25, 0.3) is 11.5 Å². The summed E-state index contributed by atoms with van der Waals surface area (Å²) < 4.78 is 0. The maximum absolute atomic E-state index is 12.1. The summed E-state index contributed by atoms with van der Waals surface area (Å²) in [5.74, 6) is -1.38. The van der Waals surface area contributed by atoms with Gasteiger partial charge in [-0.2, -0.15) is 0 Å². The molecule has 1 aromatic heterocycles. The van der Waals surface area contributed by atoms with Crippen LogP contribution < -0.4 is 10.9 Å². The highest BCUT2D eigenvalue weighted by molar-refractivity contribution is 5.92. The molecule has 20 heavy (non-hydrogen) atoms. The molecular formula is C13H17N3O4. The van der Waals surface area contributed by atoms with Gasteiger partial charge in [0.1, 0.15) is 5.69 Å². The summed E-state index contributed by atoms with van der Waals surface area (Å²) >= 11 is 0. The number of amides is 1. The lowest BCUT2D eigenvalue weighted by molar-refractivity contribution is -0.139. The average molecular weight is 279 g/mol. The lowest BCUT2D eigenvalue weighted by Gasteiger charge is -2.36. The molecule has 1 fully saturated rings. The minimum Gasteiger partial charge on any atom is -0.481 e. The molecule has 0 atom stereocenters. The summed E-state index contributed by atoms with van der Waals surface area (Å²) in [7, 11) is 0. The first-order chi connectivity index (χ1) is 9.51. The van der Waals surface area contributed by atoms with E-state index in [0.29, 0.717) is 12.8 Å². The molecule has 0 bridgehead atoms. The Kier molecular flexibility index (Phi) is 4.16. The van der Waals surface area contributed by atoms with Crippen molar-refractivity contribution in [2.75, 3.05) is 0 Å². The van der Waals surface area contributed by atoms with E-state index in [1.165, 1.54) is 6.20 Å². The maximum Gasteiger partial charge on any atom is 0.305 e. The fourth-order valence-corrected chi connectivity index (χ4v) is 2.64. The fourth-order valence-electron chi connectivity index (χ4n) is 2.64. The lowest BCUT2D eigenvalue weighted by atomic mass is 9.79. The van der Waals surface area contributed by atoms with E-state index >= 15 is 0 Å². The molecule has 7 heteroatoms. The predicted molar refractivity (Wildman–Crippen MR) is 70.4 cm³/mol. The largest absolute Gasteiger partial charge is 0.481 e. The molecule has 1 aliphatic carbocycles. The van der Waals surface area contributed by atoms with Gasteiger partial charge in [-0.1, -0.05) is 19.3 Å². The zero-order valence-corrected chi connectivity index (χ0v) is 11.0. The van der Waals surface area contributed by atoms with Gasteiger partial charge in [0.15, 0.2) is 0 Å². The quantitative estimate of drug-likeness (QED) is 0.750. The Hall–Kier alpha value is -2.18. The molecule has 0 aliphatic heterocycles. The van der Waals surface area contributed by atoms with Crippen molar-refractivity contribution in [3.8, 4) is 0 Å². The number of aromatic nitrogens is 2. The number of rotatable bonds is 4. The number of aromatic amines is 1. The summed E-state index contributed by atoms with van der Waals surface area (Å²) in [5, 5.41) is 11.8. The highest BCUT2D eigenvalue weighted by Crippen LogP contribution is 2.31. The molecular weight excluding hydrogens is 262 g/mol. The van der Waals surface area contributed by atoms with Gasteiger partial charge >= 0.3 is 5.97 Å². The molecule has 3 N–H and O–H groups in total. The number of H-pyrrole nitrogens is 1. The molecule has 2 rings (SSSR count). The van der Waals surface area contributed by atoms with Crippen LogP contribution in [0.25, 0.3) is 0 Å². The molecule has 0 saturated heterocycles. The molecule has 0 spiro atoms. The lowest BCUT2D eigenvalue weighted by Crippen LogP contribution is -2.51. The van der Waals surface area contributed by atoms with Crippen LogP contribution >= 0.6 is 0 Å². The van der Waals surface area contributed by atoms with Gasteiger partial charge in [0, 0.05) is 6.20 Å². The Morgan fingerprint density at radius 1 is 1.35 bits per heavy atom. The van der Waals surface area contributed by atoms with Crippen LogP contribution in [0.15, 0.2) is 17.2 Å². The highest BCUT2D eigenvalue weighted by Gasteiger charge is 2.36. The minimum absolute atomic E-state index is 0.0833. The minimum atomic E-state index is -0.929. The van der Waals surface area contributed by atoms with Crippen molar-refractivity contribution in [1.82, 2.24) is 15.3 Å². The van der Waals surface area contributed by atoms with Crippen molar-refractivity contribution in [2.45, 2.75) is 44.1 Å². The van der Waals surface area contributed by atoms with Crippen molar-refractivity contribution in [1.29, 1.82) is 0 Å². The Labute approximate surface area is 115 Å². The van der Waals surface area contributed by atoms with Crippen molar-refractivity contribution in [2.24, 2.45) is 0 Å². The molecule has 0 aromatic carbocycles. The van der Waals surface area contributed by atoms with Crippen LogP contribution in [0.5, 0.6) is 0 Å². The third-order valence-corrected chi connectivity index (χ3v) is 3.58. The van der Waals surface area contributed by atoms with Gasteiger partial charge in [-0.15, -0.1) is 0 Å². The Bertz CT molecular complexity index is 540. The number of carboxylic acids is 1. The number of carboxylic acid groups (broad SMARTS) is 1. The number of hydrogen-bond donors (Lipinski definition) is 3. The number of carbonyl (C=O) groups is 2. The van der Waals surface area contributed by atoms with Gasteiger partial charge < -0.3 is 15.4 Å². The number of hydrogen-bond acceptors (Lipinski definition) is 4. The topological polar surface area (TPSA) is 112 Å². The monoisotopic (exact) mass is 279 g/mol. The van der Waals surface area contributed by atoms with E-state index in [4.69, 9.17) is 5.11 Å². The van der Waals surface area contributed by atoms with E-state index in [2.05, 4.69) is 15.3 Å². The van der Waals surface area contributed by atoms with E-state index in [-0.39, 0.29) is 17.7 Å². The summed E-state index contributed by atoms with van der Waals surface area (Å²) in [6, 6.07) is 0. The molecule has 1 aliphatic rings. The highest BCUT2D eigenvalue weighted by atomic mass is 16.4. The van der Waals surface area contributed by atoms with E-state index in [1.807, 2.05) is 0 Å². The second-order valence-corrected chi connectivity index (χ2v) is 5.16. The molecule has 0 radical (unpaired) electrons. The molecule has 1 heterocycles. The second kappa shape index (κ2) is 5.85. The Morgan fingerprint density at radius 3 is 2.60 bits per heavy atom. The van der Waals surface area contributed by atoms with Crippen LogP contribution in [0.3, 0.4) is 0 Å². The number of carbonyl (C=O) groups excluding carboxylic acids is 1. The van der Waals surface area contributed by atoms with Crippen molar-refractivity contribution in [3.63, 3.8) is 0 Å². The van der Waals surface area contributed by atoms with Crippen LogP contribution in [-0.2, 0) is 4.79 Å². The normalized spacial score (nSPS) is 17.4. The smallest absolute Gasteiger partial charge is 0.305 e. The van der Waals surface area contributed by atoms with Gasteiger partial charge in [-0.05, 0) is 12.8 Å². The van der Waals surface area contributed by atoms with Gasteiger partial charge in [0.05, 0.1) is 18.2 Å². The van der Waals surface area contributed by atoms with Gasteiger partial charge in [0.2, 0.25) is 0 Å². The van der Waals surface area contributed by atoms with Gasteiger partial charge in [-0.25, -0.2) is 4.98 Å². The van der Waals surface area contributed by atoms with E-state index < -0.39 is 17.4 Å². The summed E-state index contributed by atoms with van der Waals surface area (Å²) in [5.41, 5.74) is -1.02. The first kappa shape index (κ1) is 14.2. The van der Waals surface area contributed by atoms with E-state index in [0.717, 1.165) is 25.5 Å². The van der Waals surface area contributed by atoms with Gasteiger partial charge in [-0.3, -0.25) is 14.4 Å². The van der Waals surface area contributed by atoms with Crippen molar-refractivity contribution >= 4 is 11.9 Å². The van der Waals surface area contributed by atoms with Crippen LogP contribution in [0, 0.1) is 0 Å². The van der Waals surface area contributed by atoms with Crippen LogP contribution in [0.4, 0.5) is 0 Å². The number of nitrogens with one attached hydrogen (secondary N) is 2. The third kappa shape index (κ3) is 3.43. The van der Waals surface area contributed by atoms with E-state index in [1.54, 1.807) is 0 Å². The number of aliphatic carboxylic acids is 1. The van der Waals surface area contributed by atoms with Crippen molar-refractivity contribution < 1.29 is 14.7 Å². The second-order valence-electron chi connectivity index (χ2n) is 5.16. The zero-order chi connectivity index (χ0) is 14.6.